The predicted molar refractivity (Wildman–Crippen MR) is 94.9 cm³/mol. The van der Waals surface area contributed by atoms with Gasteiger partial charge in [-0.1, -0.05) is 72.4 Å². The van der Waals surface area contributed by atoms with Crippen LogP contribution in [0.4, 0.5) is 0 Å². The van der Waals surface area contributed by atoms with Crippen molar-refractivity contribution in [2.24, 2.45) is 0 Å². The molecule has 0 fully saturated rings. The van der Waals surface area contributed by atoms with E-state index in [-0.39, 0.29) is 0 Å². The Morgan fingerprint density at radius 1 is 0.857 bits per heavy atom. The van der Waals surface area contributed by atoms with Crippen LogP contribution in [-0.2, 0) is 5.75 Å². The van der Waals surface area contributed by atoms with Gasteiger partial charge in [-0.05, 0) is 40.7 Å². The van der Waals surface area contributed by atoms with Crippen molar-refractivity contribution in [2.75, 3.05) is 0 Å². The Hall–Kier alpha value is -1.84. The summed E-state index contributed by atoms with van der Waals surface area (Å²) in [4.78, 5) is 0. The number of hydrogen-bond donors (Lipinski definition) is 0. The molecule has 0 N–H and O–H groups in total. The maximum absolute atomic E-state index is 5.74. The minimum absolute atomic E-state index is 0.550. The molecule has 1 nitrogen and oxygen atoms in total. The van der Waals surface area contributed by atoms with Crippen LogP contribution in [0.2, 0.25) is 0 Å². The number of fused-ring (bicyclic) bond motifs is 1. The fourth-order valence-corrected chi connectivity index (χ4v) is 2.98. The molecule has 0 atom stereocenters. The van der Waals surface area contributed by atoms with E-state index in [4.69, 9.17) is 17.0 Å². The molecule has 0 amide bonds. The summed E-state index contributed by atoms with van der Waals surface area (Å²) in [5.74, 6) is 1.62. The number of thioether (sulfide) groups is 1. The maximum atomic E-state index is 5.74. The highest BCUT2D eigenvalue weighted by Crippen LogP contribution is 2.23. The van der Waals surface area contributed by atoms with Gasteiger partial charge in [-0.3, -0.25) is 0 Å². The van der Waals surface area contributed by atoms with Gasteiger partial charge in [0.15, 0.2) is 0 Å². The largest absolute Gasteiger partial charge is 0.440 e. The second-order valence-corrected chi connectivity index (χ2v) is 6.21. The zero-order chi connectivity index (χ0) is 14.5. The first-order valence-electron chi connectivity index (χ1n) is 6.68. The Balaban J connectivity index is 1.63. The van der Waals surface area contributed by atoms with Gasteiger partial charge in [0.25, 0.3) is 0 Å². The molecule has 0 aliphatic heterocycles. The van der Waals surface area contributed by atoms with Gasteiger partial charge >= 0.3 is 0 Å². The molecule has 3 heteroatoms. The average molecular weight is 310 g/mol. The average Bonchev–Trinajstić information content (AvgIpc) is 2.54. The SMILES string of the molecule is S=C(Oc1ccc2ccccc2c1)SCc1ccccc1. The molecule has 0 spiro atoms. The van der Waals surface area contributed by atoms with Gasteiger partial charge in [-0.25, -0.2) is 0 Å². The summed E-state index contributed by atoms with van der Waals surface area (Å²) in [7, 11) is 0. The van der Waals surface area contributed by atoms with Gasteiger partial charge in [0, 0.05) is 5.75 Å². The van der Waals surface area contributed by atoms with E-state index in [9.17, 15) is 0 Å². The van der Waals surface area contributed by atoms with Crippen LogP contribution in [0, 0.1) is 0 Å². The van der Waals surface area contributed by atoms with Crippen LogP contribution in [0.1, 0.15) is 5.56 Å². The summed E-state index contributed by atoms with van der Waals surface area (Å²) in [5.41, 5.74) is 1.24. The van der Waals surface area contributed by atoms with Crippen molar-refractivity contribution >= 4 is 39.1 Å². The predicted octanol–water partition coefficient (Wildman–Crippen LogP) is 5.44. The Bertz CT molecular complexity index is 753. The topological polar surface area (TPSA) is 9.23 Å². The first-order valence-corrected chi connectivity index (χ1v) is 8.08. The summed E-state index contributed by atoms with van der Waals surface area (Å²) in [6, 6.07) is 24.5. The first kappa shape index (κ1) is 14.1. The molecule has 0 unspecified atom stereocenters. The van der Waals surface area contributed by atoms with Crippen LogP contribution in [0.15, 0.2) is 72.8 Å². The minimum Gasteiger partial charge on any atom is -0.440 e. The standard InChI is InChI=1S/C18H14OS2/c20-18(21-13-14-6-2-1-3-7-14)19-17-11-10-15-8-4-5-9-16(15)12-17/h1-12H,13H2. The number of rotatable bonds is 3. The van der Waals surface area contributed by atoms with Crippen LogP contribution in [0.3, 0.4) is 0 Å². The number of hydrogen-bond acceptors (Lipinski definition) is 3. The van der Waals surface area contributed by atoms with Gasteiger partial charge in [0.1, 0.15) is 5.75 Å². The fraction of sp³-hybridized carbons (Fsp3) is 0.0556. The monoisotopic (exact) mass is 310 g/mol. The number of thiocarbonyl (C=S) groups is 1. The highest BCUT2D eigenvalue weighted by Gasteiger charge is 2.03. The van der Waals surface area contributed by atoms with Crippen LogP contribution in [0.25, 0.3) is 10.8 Å². The van der Waals surface area contributed by atoms with Gasteiger partial charge < -0.3 is 4.74 Å². The zero-order valence-electron chi connectivity index (χ0n) is 11.4. The Kier molecular flexibility index (Phi) is 4.53. The highest BCUT2D eigenvalue weighted by molar-refractivity contribution is 8.22. The third kappa shape index (κ3) is 3.84. The van der Waals surface area contributed by atoms with Crippen molar-refractivity contribution in [3.8, 4) is 5.75 Å². The molecule has 0 saturated carbocycles. The Labute approximate surface area is 133 Å². The first-order chi connectivity index (χ1) is 10.3. The van der Waals surface area contributed by atoms with E-state index in [0.717, 1.165) is 16.9 Å². The molecule has 0 saturated heterocycles. The van der Waals surface area contributed by atoms with E-state index in [1.165, 1.54) is 22.7 Å². The van der Waals surface area contributed by atoms with Crippen molar-refractivity contribution in [3.05, 3.63) is 78.4 Å². The third-order valence-electron chi connectivity index (χ3n) is 3.12. The second-order valence-electron chi connectivity index (χ2n) is 4.64. The lowest BCUT2D eigenvalue weighted by Gasteiger charge is -2.07. The van der Waals surface area contributed by atoms with Gasteiger partial charge in [-0.2, -0.15) is 0 Å². The summed E-state index contributed by atoms with van der Waals surface area (Å²) in [6.07, 6.45) is 0. The molecule has 0 aromatic heterocycles. The highest BCUT2D eigenvalue weighted by atomic mass is 32.2. The van der Waals surface area contributed by atoms with Crippen LogP contribution < -0.4 is 4.74 Å². The molecular weight excluding hydrogens is 296 g/mol. The van der Waals surface area contributed by atoms with Crippen molar-refractivity contribution in [2.45, 2.75) is 5.75 Å². The van der Waals surface area contributed by atoms with Gasteiger partial charge in [-0.15, -0.1) is 0 Å². The lowest BCUT2D eigenvalue weighted by atomic mass is 10.1. The van der Waals surface area contributed by atoms with E-state index in [0.29, 0.717) is 4.38 Å². The van der Waals surface area contributed by atoms with E-state index in [1.54, 1.807) is 0 Å². The molecule has 21 heavy (non-hydrogen) atoms. The van der Waals surface area contributed by atoms with Crippen molar-refractivity contribution < 1.29 is 4.74 Å². The smallest absolute Gasteiger partial charge is 0.226 e. The van der Waals surface area contributed by atoms with Gasteiger partial charge in [0.2, 0.25) is 4.38 Å². The normalized spacial score (nSPS) is 10.5. The van der Waals surface area contributed by atoms with E-state index in [1.807, 2.05) is 42.5 Å². The molecule has 0 aliphatic rings. The van der Waals surface area contributed by atoms with Crippen molar-refractivity contribution in [1.29, 1.82) is 0 Å². The molecular formula is C18H14OS2. The molecule has 0 heterocycles. The lowest BCUT2D eigenvalue weighted by Crippen LogP contribution is -2.00. The Morgan fingerprint density at radius 2 is 1.57 bits per heavy atom. The van der Waals surface area contributed by atoms with Crippen LogP contribution in [-0.4, -0.2) is 4.38 Å². The van der Waals surface area contributed by atoms with Crippen molar-refractivity contribution in [1.82, 2.24) is 0 Å². The molecule has 0 bridgehead atoms. The molecule has 0 aliphatic carbocycles. The minimum atomic E-state index is 0.550. The molecule has 104 valence electrons. The molecule has 0 radical (unpaired) electrons. The van der Waals surface area contributed by atoms with Crippen molar-refractivity contribution in [3.63, 3.8) is 0 Å². The summed E-state index contributed by atoms with van der Waals surface area (Å²) in [5, 5.41) is 2.36. The summed E-state index contributed by atoms with van der Waals surface area (Å²) < 4.78 is 6.29. The zero-order valence-corrected chi connectivity index (χ0v) is 13.0. The molecule has 3 aromatic carbocycles. The second kappa shape index (κ2) is 6.74. The number of benzene rings is 3. The summed E-state index contributed by atoms with van der Waals surface area (Å²) in [6.45, 7) is 0. The van der Waals surface area contributed by atoms with Crippen LogP contribution >= 0.6 is 24.0 Å². The van der Waals surface area contributed by atoms with E-state index >= 15 is 0 Å². The maximum Gasteiger partial charge on any atom is 0.226 e. The number of ether oxygens (including phenoxy) is 1. The fourth-order valence-electron chi connectivity index (χ4n) is 2.07. The molecule has 3 aromatic rings. The Morgan fingerprint density at radius 3 is 2.38 bits per heavy atom. The third-order valence-corrected chi connectivity index (χ3v) is 4.36. The van der Waals surface area contributed by atoms with E-state index < -0.39 is 0 Å². The quantitative estimate of drug-likeness (QED) is 0.596. The van der Waals surface area contributed by atoms with Crippen LogP contribution in [0.5, 0.6) is 5.75 Å². The molecule has 3 rings (SSSR count). The van der Waals surface area contributed by atoms with E-state index in [2.05, 4.69) is 30.3 Å². The van der Waals surface area contributed by atoms with Gasteiger partial charge in [0.05, 0.1) is 0 Å². The summed E-state index contributed by atoms with van der Waals surface area (Å²) >= 11 is 6.84. The lowest BCUT2D eigenvalue weighted by molar-refractivity contribution is 0.580.